The molecule has 3 atom stereocenters. The van der Waals surface area contributed by atoms with Crippen LogP contribution < -0.4 is 0 Å². The SMILES string of the molecule is C=CCN1C[C@@H](C)N([C@@H](c2ccc(C(=O)O)cc2)c2nccs2)C[C@@H]1C. The van der Waals surface area contributed by atoms with Crippen LogP contribution in [0.25, 0.3) is 0 Å². The molecule has 5 nitrogen and oxygen atoms in total. The van der Waals surface area contributed by atoms with E-state index in [-0.39, 0.29) is 6.04 Å². The molecule has 1 fully saturated rings. The summed E-state index contributed by atoms with van der Waals surface area (Å²) < 4.78 is 0. The van der Waals surface area contributed by atoms with Gasteiger partial charge in [0.05, 0.1) is 11.6 Å². The minimum Gasteiger partial charge on any atom is -0.478 e. The number of nitrogens with zero attached hydrogens (tertiary/aromatic N) is 3. The highest BCUT2D eigenvalue weighted by atomic mass is 32.1. The van der Waals surface area contributed by atoms with Gasteiger partial charge in [0.25, 0.3) is 0 Å². The lowest BCUT2D eigenvalue weighted by molar-refractivity contribution is 0.0306. The molecular weight excluding hydrogens is 346 g/mol. The van der Waals surface area contributed by atoms with Crippen molar-refractivity contribution in [3.05, 3.63) is 64.6 Å². The average molecular weight is 372 g/mol. The fourth-order valence-electron chi connectivity index (χ4n) is 3.66. The monoisotopic (exact) mass is 371 g/mol. The van der Waals surface area contributed by atoms with E-state index >= 15 is 0 Å². The highest BCUT2D eigenvalue weighted by Crippen LogP contribution is 2.34. The Hall–Kier alpha value is -2.02. The standard InChI is InChI=1S/C20H25N3O2S/c1-4-10-22-12-15(3)23(13-14(22)2)18(19-21-9-11-26-19)16-5-7-17(8-6-16)20(24)25/h4-9,11,14-15,18H,1,10,12-13H2,2-3H3,(H,24,25)/t14-,15+,18-/m0/s1. The summed E-state index contributed by atoms with van der Waals surface area (Å²) in [5, 5.41) is 12.2. The number of carboxylic acids is 1. The van der Waals surface area contributed by atoms with E-state index in [9.17, 15) is 4.79 Å². The van der Waals surface area contributed by atoms with Crippen LogP contribution >= 0.6 is 11.3 Å². The van der Waals surface area contributed by atoms with Crippen LogP contribution in [0.4, 0.5) is 0 Å². The number of carboxylic acid groups (broad SMARTS) is 1. The molecule has 0 bridgehead atoms. The molecule has 1 aliphatic heterocycles. The first-order valence-electron chi connectivity index (χ1n) is 8.84. The van der Waals surface area contributed by atoms with Gasteiger partial charge in [0.2, 0.25) is 0 Å². The Kier molecular flexibility index (Phi) is 5.86. The Labute approximate surface area is 158 Å². The van der Waals surface area contributed by atoms with E-state index < -0.39 is 5.97 Å². The van der Waals surface area contributed by atoms with Gasteiger partial charge in [0.15, 0.2) is 0 Å². The van der Waals surface area contributed by atoms with Gasteiger partial charge in [-0.3, -0.25) is 9.80 Å². The second-order valence-corrected chi connectivity index (χ2v) is 7.76. The van der Waals surface area contributed by atoms with Crippen LogP contribution in [0.2, 0.25) is 0 Å². The van der Waals surface area contributed by atoms with E-state index in [1.165, 1.54) is 0 Å². The Morgan fingerprint density at radius 2 is 2.08 bits per heavy atom. The van der Waals surface area contributed by atoms with Gasteiger partial charge >= 0.3 is 5.97 Å². The van der Waals surface area contributed by atoms with Crippen LogP contribution in [-0.2, 0) is 0 Å². The van der Waals surface area contributed by atoms with Crippen LogP contribution in [0.1, 0.15) is 40.8 Å². The summed E-state index contributed by atoms with van der Waals surface area (Å²) in [5.74, 6) is -0.901. The Bertz CT molecular complexity index is 745. The van der Waals surface area contributed by atoms with Crippen molar-refractivity contribution in [1.29, 1.82) is 0 Å². The van der Waals surface area contributed by atoms with Crippen molar-refractivity contribution in [2.75, 3.05) is 19.6 Å². The topological polar surface area (TPSA) is 56.7 Å². The van der Waals surface area contributed by atoms with Gasteiger partial charge < -0.3 is 5.11 Å². The van der Waals surface area contributed by atoms with Crippen molar-refractivity contribution in [1.82, 2.24) is 14.8 Å². The molecule has 1 aliphatic rings. The lowest BCUT2D eigenvalue weighted by Gasteiger charge is -2.46. The highest BCUT2D eigenvalue weighted by molar-refractivity contribution is 7.09. The summed E-state index contributed by atoms with van der Waals surface area (Å²) in [6, 6.07) is 8.03. The fourth-order valence-corrected chi connectivity index (χ4v) is 4.44. The van der Waals surface area contributed by atoms with Gasteiger partial charge in [0.1, 0.15) is 5.01 Å². The second-order valence-electron chi connectivity index (χ2n) is 6.84. The van der Waals surface area contributed by atoms with E-state index in [2.05, 4.69) is 35.2 Å². The van der Waals surface area contributed by atoms with Crippen LogP contribution in [0, 0.1) is 0 Å². The van der Waals surface area contributed by atoms with Gasteiger partial charge in [-0.1, -0.05) is 18.2 Å². The fraction of sp³-hybridized carbons (Fsp3) is 0.400. The molecule has 3 rings (SSSR count). The Morgan fingerprint density at radius 3 is 2.65 bits per heavy atom. The van der Waals surface area contributed by atoms with Gasteiger partial charge in [-0.25, -0.2) is 9.78 Å². The molecule has 26 heavy (non-hydrogen) atoms. The number of thiazole rings is 1. The van der Waals surface area contributed by atoms with Crippen LogP contribution in [0.5, 0.6) is 0 Å². The van der Waals surface area contributed by atoms with Crippen molar-refractivity contribution >= 4 is 17.3 Å². The quantitative estimate of drug-likeness (QED) is 0.788. The summed E-state index contributed by atoms with van der Waals surface area (Å²) in [6.45, 7) is 11.2. The molecular formula is C20H25N3O2S. The molecule has 0 unspecified atom stereocenters. The summed E-state index contributed by atoms with van der Waals surface area (Å²) >= 11 is 1.65. The summed E-state index contributed by atoms with van der Waals surface area (Å²) in [6.07, 6.45) is 3.79. The van der Waals surface area contributed by atoms with E-state index in [1.54, 1.807) is 23.5 Å². The first kappa shape index (κ1) is 18.8. The van der Waals surface area contributed by atoms with Crippen molar-refractivity contribution in [3.8, 4) is 0 Å². The minimum absolute atomic E-state index is 0.0428. The number of hydrogen-bond donors (Lipinski definition) is 1. The molecule has 6 heteroatoms. The molecule has 1 saturated heterocycles. The molecule has 2 heterocycles. The maximum atomic E-state index is 11.2. The van der Waals surface area contributed by atoms with Crippen molar-refractivity contribution in [2.24, 2.45) is 0 Å². The van der Waals surface area contributed by atoms with E-state index in [4.69, 9.17) is 5.11 Å². The minimum atomic E-state index is -0.901. The number of aromatic carboxylic acids is 1. The first-order chi connectivity index (χ1) is 12.5. The summed E-state index contributed by atoms with van der Waals surface area (Å²) in [7, 11) is 0. The molecule has 0 saturated carbocycles. The van der Waals surface area contributed by atoms with Gasteiger partial charge in [-0.15, -0.1) is 17.9 Å². The Morgan fingerprint density at radius 1 is 1.35 bits per heavy atom. The molecule has 1 aromatic heterocycles. The van der Waals surface area contributed by atoms with Crippen LogP contribution in [0.15, 0.2) is 48.5 Å². The first-order valence-corrected chi connectivity index (χ1v) is 9.72. The number of hydrogen-bond acceptors (Lipinski definition) is 5. The van der Waals surface area contributed by atoms with Crippen LogP contribution in [0.3, 0.4) is 0 Å². The third-order valence-corrected chi connectivity index (χ3v) is 5.85. The largest absolute Gasteiger partial charge is 0.478 e. The highest BCUT2D eigenvalue weighted by Gasteiger charge is 2.35. The summed E-state index contributed by atoms with van der Waals surface area (Å²) in [5.41, 5.74) is 1.39. The molecule has 0 radical (unpaired) electrons. The lowest BCUT2D eigenvalue weighted by atomic mass is 9.99. The zero-order valence-electron chi connectivity index (χ0n) is 15.2. The molecule has 2 aromatic rings. The zero-order chi connectivity index (χ0) is 18.7. The van der Waals surface area contributed by atoms with E-state index in [0.717, 1.165) is 30.2 Å². The van der Waals surface area contributed by atoms with Crippen molar-refractivity contribution in [2.45, 2.75) is 32.0 Å². The smallest absolute Gasteiger partial charge is 0.335 e. The van der Waals surface area contributed by atoms with Gasteiger partial charge in [-0.05, 0) is 31.5 Å². The Balaban J connectivity index is 1.92. The van der Waals surface area contributed by atoms with Gasteiger partial charge in [-0.2, -0.15) is 0 Å². The normalized spacial score (nSPS) is 22.8. The molecule has 0 aliphatic carbocycles. The maximum Gasteiger partial charge on any atom is 0.335 e. The third kappa shape index (κ3) is 3.87. The second kappa shape index (κ2) is 8.12. The maximum absolute atomic E-state index is 11.2. The average Bonchev–Trinajstić information content (AvgIpc) is 3.14. The number of rotatable bonds is 6. The molecule has 0 amide bonds. The molecule has 0 spiro atoms. The van der Waals surface area contributed by atoms with E-state index in [0.29, 0.717) is 17.6 Å². The zero-order valence-corrected chi connectivity index (χ0v) is 16.0. The number of piperazine rings is 1. The molecule has 1 aromatic carbocycles. The van der Waals surface area contributed by atoms with Crippen molar-refractivity contribution in [3.63, 3.8) is 0 Å². The predicted molar refractivity (Wildman–Crippen MR) is 105 cm³/mol. The summed E-state index contributed by atoms with van der Waals surface area (Å²) in [4.78, 5) is 20.7. The third-order valence-electron chi connectivity index (χ3n) is 5.02. The number of carbonyl (C=O) groups is 1. The van der Waals surface area contributed by atoms with Crippen molar-refractivity contribution < 1.29 is 9.90 Å². The molecule has 138 valence electrons. The lowest BCUT2D eigenvalue weighted by Crippen LogP contribution is -2.57. The molecule has 1 N–H and O–H groups in total. The van der Waals surface area contributed by atoms with Crippen LogP contribution in [-0.4, -0.2) is 57.6 Å². The van der Waals surface area contributed by atoms with Gasteiger partial charge in [0, 0.05) is 43.3 Å². The number of aromatic nitrogens is 1. The van der Waals surface area contributed by atoms with E-state index in [1.807, 2.05) is 29.8 Å². The number of benzene rings is 1. The predicted octanol–water partition coefficient (Wildman–Crippen LogP) is 3.51.